The maximum Gasteiger partial charge on any atom is 0.228 e. The maximum absolute atomic E-state index is 12.7. The summed E-state index contributed by atoms with van der Waals surface area (Å²) in [5.41, 5.74) is 2.91. The molecule has 7 heteroatoms. The molecule has 1 aliphatic rings. The zero-order valence-electron chi connectivity index (χ0n) is 13.2. The lowest BCUT2D eigenvalue weighted by Crippen LogP contribution is -2.36. The van der Waals surface area contributed by atoms with Crippen molar-refractivity contribution in [1.82, 2.24) is 15.2 Å². The first-order chi connectivity index (χ1) is 10.7. The van der Waals surface area contributed by atoms with Crippen LogP contribution in [-0.4, -0.2) is 35.4 Å². The number of nitrogens with one attached hydrogen (secondary N) is 1. The normalized spacial score (nSPS) is 17.0. The van der Waals surface area contributed by atoms with Gasteiger partial charge in [0.05, 0.1) is 24.2 Å². The van der Waals surface area contributed by atoms with Gasteiger partial charge in [-0.05, 0) is 43.8 Å². The van der Waals surface area contributed by atoms with Gasteiger partial charge < -0.3 is 10.2 Å². The molecule has 0 aromatic carbocycles. The quantitative estimate of drug-likeness (QED) is 0.848. The molecule has 1 saturated heterocycles. The highest BCUT2D eigenvalue weighted by Gasteiger charge is 2.23. The number of thiophene rings is 1. The minimum Gasteiger partial charge on any atom is -0.337 e. The molecule has 2 aromatic rings. The molecule has 126 valence electrons. The highest BCUT2D eigenvalue weighted by molar-refractivity contribution is 7.10. The van der Waals surface area contributed by atoms with Gasteiger partial charge in [0.15, 0.2) is 0 Å². The number of rotatable bonds is 6. The maximum atomic E-state index is 12.7. The molecular weight excluding hydrogens is 350 g/mol. The van der Waals surface area contributed by atoms with Crippen molar-refractivity contribution in [3.05, 3.63) is 38.5 Å². The van der Waals surface area contributed by atoms with E-state index in [2.05, 4.69) is 10.3 Å². The molecule has 1 fully saturated rings. The summed E-state index contributed by atoms with van der Waals surface area (Å²) in [7, 11) is 0. The fourth-order valence-corrected chi connectivity index (χ4v) is 4.25. The smallest absolute Gasteiger partial charge is 0.228 e. The van der Waals surface area contributed by atoms with Gasteiger partial charge in [-0.25, -0.2) is 4.98 Å². The fraction of sp³-hybridized carbons (Fsp3) is 0.500. The molecule has 0 radical (unpaired) electrons. The monoisotopic (exact) mass is 371 g/mol. The van der Waals surface area contributed by atoms with Crippen LogP contribution in [0.3, 0.4) is 0 Å². The van der Waals surface area contributed by atoms with Crippen molar-refractivity contribution in [3.8, 4) is 0 Å². The van der Waals surface area contributed by atoms with Crippen LogP contribution < -0.4 is 5.32 Å². The zero-order valence-corrected chi connectivity index (χ0v) is 15.6. The van der Waals surface area contributed by atoms with Crippen LogP contribution in [0.25, 0.3) is 0 Å². The first-order valence-electron chi connectivity index (χ1n) is 7.62. The molecule has 4 nitrogen and oxygen atoms in total. The Balaban J connectivity index is 0.00000192. The van der Waals surface area contributed by atoms with Crippen LogP contribution in [0.2, 0.25) is 0 Å². The lowest BCUT2D eigenvalue weighted by Gasteiger charge is -2.25. The molecule has 0 spiro atoms. The van der Waals surface area contributed by atoms with Crippen LogP contribution in [0.1, 0.15) is 21.9 Å². The lowest BCUT2D eigenvalue weighted by molar-refractivity contribution is -0.131. The second-order valence-corrected chi connectivity index (χ2v) is 7.72. The van der Waals surface area contributed by atoms with Crippen LogP contribution >= 0.6 is 35.1 Å². The Morgan fingerprint density at radius 2 is 2.35 bits per heavy atom. The summed E-state index contributed by atoms with van der Waals surface area (Å²) in [4.78, 5) is 21.4. The molecule has 1 N–H and O–H groups in total. The van der Waals surface area contributed by atoms with Crippen LogP contribution in [0.5, 0.6) is 0 Å². The summed E-state index contributed by atoms with van der Waals surface area (Å²) in [6.07, 6.45) is 1.67. The molecule has 2 aromatic heterocycles. The standard InChI is InChI=1S/C16H21N3OS2.ClH/c1-12-15(22-11-18-12)10-19(9-13-4-5-17-8-13)16(20)7-14-3-2-6-21-14;/h2-3,6,11,13,17H,4-5,7-10H2,1H3;1H. The average Bonchev–Trinajstić information content (AvgIpc) is 3.22. The number of aromatic nitrogens is 1. The summed E-state index contributed by atoms with van der Waals surface area (Å²) in [6, 6.07) is 4.04. The molecule has 3 heterocycles. The third kappa shape index (κ3) is 5.01. The van der Waals surface area contributed by atoms with Gasteiger partial charge in [0.1, 0.15) is 0 Å². The van der Waals surface area contributed by atoms with E-state index >= 15 is 0 Å². The second-order valence-electron chi connectivity index (χ2n) is 5.75. The van der Waals surface area contributed by atoms with E-state index in [-0.39, 0.29) is 18.3 Å². The molecular formula is C16H22ClN3OS2. The van der Waals surface area contributed by atoms with Crippen molar-refractivity contribution in [2.45, 2.75) is 26.3 Å². The van der Waals surface area contributed by atoms with Gasteiger partial charge in [0.2, 0.25) is 5.91 Å². The van der Waals surface area contributed by atoms with Crippen molar-refractivity contribution in [3.63, 3.8) is 0 Å². The third-order valence-electron chi connectivity index (χ3n) is 4.08. The minimum absolute atomic E-state index is 0. The fourth-order valence-electron chi connectivity index (χ4n) is 2.76. The number of halogens is 1. The van der Waals surface area contributed by atoms with Crippen LogP contribution in [0.15, 0.2) is 23.0 Å². The van der Waals surface area contributed by atoms with Gasteiger partial charge in [-0.2, -0.15) is 0 Å². The molecule has 0 saturated carbocycles. The summed E-state index contributed by atoms with van der Waals surface area (Å²) >= 11 is 3.30. The van der Waals surface area contributed by atoms with Gasteiger partial charge >= 0.3 is 0 Å². The van der Waals surface area contributed by atoms with Gasteiger partial charge in [0.25, 0.3) is 0 Å². The highest BCUT2D eigenvalue weighted by atomic mass is 35.5. The Hall–Kier alpha value is -0.950. The topological polar surface area (TPSA) is 45.2 Å². The molecule has 3 rings (SSSR count). The Labute approximate surface area is 151 Å². The highest BCUT2D eigenvalue weighted by Crippen LogP contribution is 2.19. The van der Waals surface area contributed by atoms with Crippen LogP contribution in [0, 0.1) is 12.8 Å². The van der Waals surface area contributed by atoms with Crippen molar-refractivity contribution >= 4 is 41.0 Å². The largest absolute Gasteiger partial charge is 0.337 e. The van der Waals surface area contributed by atoms with E-state index in [1.807, 2.05) is 34.8 Å². The van der Waals surface area contributed by atoms with Gasteiger partial charge in [0, 0.05) is 16.3 Å². The zero-order chi connectivity index (χ0) is 15.4. The number of hydrogen-bond acceptors (Lipinski definition) is 5. The Bertz CT molecular complexity index is 609. The van der Waals surface area contributed by atoms with Crippen molar-refractivity contribution in [2.24, 2.45) is 5.92 Å². The molecule has 0 aliphatic carbocycles. The van der Waals surface area contributed by atoms with Crippen molar-refractivity contribution in [2.75, 3.05) is 19.6 Å². The second kappa shape index (κ2) is 8.78. The molecule has 1 aliphatic heterocycles. The number of carbonyl (C=O) groups excluding carboxylic acids is 1. The van der Waals surface area contributed by atoms with E-state index < -0.39 is 0 Å². The van der Waals surface area contributed by atoms with Gasteiger partial charge in [-0.15, -0.1) is 35.1 Å². The predicted molar refractivity (Wildman–Crippen MR) is 98.5 cm³/mol. The predicted octanol–water partition coefficient (Wildman–Crippen LogP) is 3.12. The summed E-state index contributed by atoms with van der Waals surface area (Å²) in [5, 5.41) is 5.42. The van der Waals surface area contributed by atoms with Crippen LogP contribution in [-0.2, 0) is 17.8 Å². The number of amides is 1. The summed E-state index contributed by atoms with van der Waals surface area (Å²) in [5.74, 6) is 0.794. The first kappa shape index (κ1) is 18.4. The number of hydrogen-bond donors (Lipinski definition) is 1. The molecule has 1 unspecified atom stereocenters. The van der Waals surface area contributed by atoms with Crippen LogP contribution in [0.4, 0.5) is 0 Å². The lowest BCUT2D eigenvalue weighted by atomic mass is 10.1. The van der Waals surface area contributed by atoms with Gasteiger partial charge in [-0.1, -0.05) is 6.07 Å². The Morgan fingerprint density at radius 3 is 2.96 bits per heavy atom. The SMILES string of the molecule is Cc1ncsc1CN(CC1CCNC1)C(=O)Cc1cccs1.Cl. The summed E-state index contributed by atoms with van der Waals surface area (Å²) < 4.78 is 0. The Morgan fingerprint density at radius 1 is 1.48 bits per heavy atom. The Kier molecular flexibility index (Phi) is 7.02. The van der Waals surface area contributed by atoms with E-state index in [9.17, 15) is 4.79 Å². The van der Waals surface area contributed by atoms with E-state index in [1.165, 1.54) is 4.88 Å². The average molecular weight is 372 g/mol. The van der Waals surface area contributed by atoms with E-state index in [4.69, 9.17) is 0 Å². The first-order valence-corrected chi connectivity index (χ1v) is 9.38. The number of nitrogens with zero attached hydrogens (tertiary/aromatic N) is 2. The molecule has 1 atom stereocenters. The summed E-state index contributed by atoms with van der Waals surface area (Å²) in [6.45, 7) is 5.64. The minimum atomic E-state index is 0. The molecule has 23 heavy (non-hydrogen) atoms. The van der Waals surface area contributed by atoms with Gasteiger partial charge in [-0.3, -0.25) is 4.79 Å². The third-order valence-corrected chi connectivity index (χ3v) is 5.87. The van der Waals surface area contributed by atoms with E-state index in [0.29, 0.717) is 18.9 Å². The van der Waals surface area contributed by atoms with E-state index in [0.717, 1.165) is 36.6 Å². The molecule has 0 bridgehead atoms. The molecule has 1 amide bonds. The number of carbonyl (C=O) groups is 1. The number of thiazole rings is 1. The van der Waals surface area contributed by atoms with E-state index in [1.54, 1.807) is 22.7 Å². The number of aryl methyl sites for hydroxylation is 1. The van der Waals surface area contributed by atoms with Crippen molar-refractivity contribution < 1.29 is 4.79 Å². The van der Waals surface area contributed by atoms with Crippen molar-refractivity contribution in [1.29, 1.82) is 0 Å².